The highest BCUT2D eigenvalue weighted by atomic mass is 35.5. The second-order valence-electron chi connectivity index (χ2n) is 5.17. The highest BCUT2D eigenvalue weighted by Crippen LogP contribution is 2.15. The van der Waals surface area contributed by atoms with Crippen molar-refractivity contribution in [2.24, 2.45) is 0 Å². The fraction of sp³-hybridized carbons (Fsp3) is 0.600. The summed E-state index contributed by atoms with van der Waals surface area (Å²) in [7, 11) is 0. The van der Waals surface area contributed by atoms with Gasteiger partial charge in [0, 0.05) is 11.6 Å². The highest BCUT2D eigenvalue weighted by Gasteiger charge is 2.10. The van der Waals surface area contributed by atoms with Crippen molar-refractivity contribution in [2.75, 3.05) is 32.7 Å². The number of likely N-dealkylation sites (tertiary alicyclic amines) is 1. The average molecular weight is 283 g/mol. The molecule has 4 heteroatoms. The second kappa shape index (κ2) is 7.85. The summed E-state index contributed by atoms with van der Waals surface area (Å²) in [5, 5.41) is 14.0. The average Bonchev–Trinajstić information content (AvgIpc) is 2.92. The van der Waals surface area contributed by atoms with Gasteiger partial charge < -0.3 is 15.3 Å². The van der Waals surface area contributed by atoms with Crippen molar-refractivity contribution >= 4 is 11.6 Å². The Kier molecular flexibility index (Phi) is 6.11. The first kappa shape index (κ1) is 14.8. The number of halogens is 1. The molecule has 0 aromatic heterocycles. The van der Waals surface area contributed by atoms with Gasteiger partial charge in [0.25, 0.3) is 0 Å². The van der Waals surface area contributed by atoms with Crippen LogP contribution in [0.3, 0.4) is 0 Å². The molecule has 0 spiro atoms. The fourth-order valence-electron chi connectivity index (χ4n) is 2.48. The smallest absolute Gasteiger partial charge is 0.0914 e. The Morgan fingerprint density at radius 1 is 1.21 bits per heavy atom. The van der Waals surface area contributed by atoms with E-state index in [1.54, 1.807) is 0 Å². The molecule has 0 amide bonds. The van der Waals surface area contributed by atoms with E-state index in [0.717, 1.165) is 18.5 Å². The molecule has 0 radical (unpaired) electrons. The summed E-state index contributed by atoms with van der Waals surface area (Å²) >= 11 is 5.82. The minimum absolute atomic E-state index is 0.455. The summed E-state index contributed by atoms with van der Waals surface area (Å²) < 4.78 is 0. The van der Waals surface area contributed by atoms with E-state index in [-0.39, 0.29) is 0 Å². The molecule has 1 saturated heterocycles. The van der Waals surface area contributed by atoms with E-state index in [4.69, 9.17) is 11.6 Å². The first-order valence-electron chi connectivity index (χ1n) is 7.12. The molecule has 19 heavy (non-hydrogen) atoms. The molecule has 1 aliphatic heterocycles. The van der Waals surface area contributed by atoms with Gasteiger partial charge in [0.2, 0.25) is 0 Å². The molecule has 0 aliphatic carbocycles. The van der Waals surface area contributed by atoms with Crippen LogP contribution in [0.4, 0.5) is 0 Å². The minimum atomic E-state index is -0.455. The zero-order valence-electron chi connectivity index (χ0n) is 11.3. The number of aliphatic hydroxyl groups is 1. The molecule has 1 fully saturated rings. The lowest BCUT2D eigenvalue weighted by molar-refractivity contribution is 0.174. The van der Waals surface area contributed by atoms with Crippen LogP contribution in [0.25, 0.3) is 0 Å². The molecule has 3 nitrogen and oxygen atoms in total. The van der Waals surface area contributed by atoms with E-state index < -0.39 is 6.10 Å². The van der Waals surface area contributed by atoms with Crippen LogP contribution >= 0.6 is 11.6 Å². The maximum Gasteiger partial charge on any atom is 0.0914 e. The highest BCUT2D eigenvalue weighted by molar-refractivity contribution is 6.30. The maximum atomic E-state index is 10.0. The molecular weight excluding hydrogens is 260 g/mol. The molecular formula is C15H23ClN2O. The Morgan fingerprint density at radius 3 is 2.58 bits per heavy atom. The van der Waals surface area contributed by atoms with Crippen molar-refractivity contribution in [3.8, 4) is 0 Å². The minimum Gasteiger partial charge on any atom is -0.387 e. The number of nitrogens with zero attached hydrogens (tertiary/aromatic N) is 1. The van der Waals surface area contributed by atoms with Crippen molar-refractivity contribution in [2.45, 2.75) is 25.4 Å². The number of nitrogens with one attached hydrogen (secondary N) is 1. The fourth-order valence-corrected chi connectivity index (χ4v) is 2.60. The van der Waals surface area contributed by atoms with E-state index >= 15 is 0 Å². The predicted octanol–water partition coefficient (Wildman–Crippen LogP) is 2.45. The molecule has 106 valence electrons. The number of rotatable bonds is 7. The van der Waals surface area contributed by atoms with E-state index in [2.05, 4.69) is 10.2 Å². The molecule has 1 atom stereocenters. The van der Waals surface area contributed by atoms with Crippen molar-refractivity contribution in [1.82, 2.24) is 10.2 Å². The van der Waals surface area contributed by atoms with Crippen LogP contribution in [-0.2, 0) is 0 Å². The summed E-state index contributed by atoms with van der Waals surface area (Å²) in [6.07, 6.45) is 3.39. The third-order valence-electron chi connectivity index (χ3n) is 3.62. The number of benzene rings is 1. The number of hydrogen-bond donors (Lipinski definition) is 2. The zero-order chi connectivity index (χ0) is 13.5. The van der Waals surface area contributed by atoms with Gasteiger partial charge in [-0.2, -0.15) is 0 Å². The molecule has 0 saturated carbocycles. The lowest BCUT2D eigenvalue weighted by Gasteiger charge is -2.15. The van der Waals surface area contributed by atoms with Crippen molar-refractivity contribution in [3.05, 3.63) is 34.9 Å². The predicted molar refractivity (Wildman–Crippen MR) is 79.6 cm³/mol. The van der Waals surface area contributed by atoms with Gasteiger partial charge >= 0.3 is 0 Å². The summed E-state index contributed by atoms with van der Waals surface area (Å²) in [5.74, 6) is 0. The van der Waals surface area contributed by atoms with Gasteiger partial charge in [-0.3, -0.25) is 0 Å². The van der Waals surface area contributed by atoms with E-state index in [1.807, 2.05) is 24.3 Å². The molecule has 0 bridgehead atoms. The van der Waals surface area contributed by atoms with Gasteiger partial charge in [0.05, 0.1) is 6.10 Å². The van der Waals surface area contributed by atoms with Gasteiger partial charge in [-0.05, 0) is 63.1 Å². The molecule has 2 N–H and O–H groups in total. The quantitative estimate of drug-likeness (QED) is 0.754. The summed E-state index contributed by atoms with van der Waals surface area (Å²) in [6, 6.07) is 7.37. The topological polar surface area (TPSA) is 35.5 Å². The van der Waals surface area contributed by atoms with Crippen LogP contribution in [0.2, 0.25) is 5.02 Å². The molecule has 1 aromatic rings. The van der Waals surface area contributed by atoms with Gasteiger partial charge in [-0.25, -0.2) is 0 Å². The summed E-state index contributed by atoms with van der Waals surface area (Å²) in [4.78, 5) is 2.51. The SMILES string of the molecule is OC(CNCCCN1CCCC1)c1ccc(Cl)cc1. The molecule has 1 aromatic carbocycles. The lowest BCUT2D eigenvalue weighted by atomic mass is 10.1. The van der Waals surface area contributed by atoms with Crippen LogP contribution in [0.15, 0.2) is 24.3 Å². The van der Waals surface area contributed by atoms with E-state index in [9.17, 15) is 5.11 Å². The maximum absolute atomic E-state index is 10.0. The van der Waals surface area contributed by atoms with E-state index in [1.165, 1.54) is 32.5 Å². The number of aliphatic hydroxyl groups excluding tert-OH is 1. The standard InChI is InChI=1S/C15H23ClN2O/c16-14-6-4-13(5-7-14)15(19)12-17-8-3-11-18-9-1-2-10-18/h4-7,15,17,19H,1-3,8-12H2. The third kappa shape index (κ3) is 5.11. The molecule has 1 heterocycles. The third-order valence-corrected chi connectivity index (χ3v) is 3.87. The molecule has 1 unspecified atom stereocenters. The van der Waals surface area contributed by atoms with Crippen LogP contribution in [0, 0.1) is 0 Å². The Morgan fingerprint density at radius 2 is 1.89 bits per heavy atom. The molecule has 1 aliphatic rings. The van der Waals surface area contributed by atoms with Gasteiger partial charge in [-0.1, -0.05) is 23.7 Å². The second-order valence-corrected chi connectivity index (χ2v) is 5.61. The van der Waals surface area contributed by atoms with Crippen molar-refractivity contribution < 1.29 is 5.11 Å². The van der Waals surface area contributed by atoms with Crippen molar-refractivity contribution in [3.63, 3.8) is 0 Å². The largest absolute Gasteiger partial charge is 0.387 e. The normalized spacial score (nSPS) is 17.8. The van der Waals surface area contributed by atoms with Crippen LogP contribution in [0.5, 0.6) is 0 Å². The van der Waals surface area contributed by atoms with Crippen LogP contribution in [0.1, 0.15) is 30.9 Å². The van der Waals surface area contributed by atoms with E-state index in [0.29, 0.717) is 11.6 Å². The van der Waals surface area contributed by atoms with Gasteiger partial charge in [0.15, 0.2) is 0 Å². The van der Waals surface area contributed by atoms with Crippen molar-refractivity contribution in [1.29, 1.82) is 0 Å². The monoisotopic (exact) mass is 282 g/mol. The Labute approximate surface area is 120 Å². The lowest BCUT2D eigenvalue weighted by Crippen LogP contribution is -2.27. The van der Waals surface area contributed by atoms with Crippen LogP contribution in [-0.4, -0.2) is 42.7 Å². The van der Waals surface area contributed by atoms with Gasteiger partial charge in [-0.15, -0.1) is 0 Å². The van der Waals surface area contributed by atoms with Gasteiger partial charge in [0.1, 0.15) is 0 Å². The summed E-state index contributed by atoms with van der Waals surface area (Å²) in [6.45, 7) is 5.24. The Hall–Kier alpha value is -0.610. The first-order chi connectivity index (χ1) is 9.25. The Bertz CT molecular complexity index is 363. The first-order valence-corrected chi connectivity index (χ1v) is 7.50. The Balaban J connectivity index is 1.58. The van der Waals surface area contributed by atoms with Crippen LogP contribution < -0.4 is 5.32 Å². The zero-order valence-corrected chi connectivity index (χ0v) is 12.1. The number of hydrogen-bond acceptors (Lipinski definition) is 3. The molecule has 2 rings (SSSR count). The summed E-state index contributed by atoms with van der Waals surface area (Å²) in [5.41, 5.74) is 0.913.